The van der Waals surface area contributed by atoms with Gasteiger partial charge >= 0.3 is 5.97 Å². The van der Waals surface area contributed by atoms with Crippen molar-refractivity contribution in [2.45, 2.75) is 43.4 Å². The summed E-state index contributed by atoms with van der Waals surface area (Å²) >= 11 is 0. The number of esters is 1. The molecule has 3 rings (SSSR count). The third kappa shape index (κ3) is 4.20. The van der Waals surface area contributed by atoms with Crippen LogP contribution in [0.1, 0.15) is 38.5 Å². The Morgan fingerprint density at radius 2 is 2.07 bits per heavy atom. The van der Waals surface area contributed by atoms with Crippen molar-refractivity contribution < 1.29 is 22.7 Å². The van der Waals surface area contributed by atoms with Crippen molar-refractivity contribution in [1.82, 2.24) is 14.6 Å². The standard InChI is InChI=1S/C19H27N3O5S/c1-27-17(23)7-11-21-18(24)16-13-22(14-19(16)8-3-2-4-9-19)28(25,26)15-6-5-10-20-12-15/h5-6,10,12,16H,2-4,7-9,11,13-14H2,1H3,(H,21,24)/t16-/m0/s1. The molecular formula is C19H27N3O5S. The van der Waals surface area contributed by atoms with Gasteiger partial charge < -0.3 is 10.1 Å². The van der Waals surface area contributed by atoms with Gasteiger partial charge in [-0.25, -0.2) is 8.42 Å². The zero-order valence-corrected chi connectivity index (χ0v) is 16.9. The molecule has 0 bridgehead atoms. The lowest BCUT2D eigenvalue weighted by molar-refractivity contribution is -0.140. The first-order chi connectivity index (χ1) is 13.4. The summed E-state index contributed by atoms with van der Waals surface area (Å²) in [7, 11) is -2.40. The number of nitrogens with one attached hydrogen (secondary N) is 1. The molecular weight excluding hydrogens is 382 g/mol. The monoisotopic (exact) mass is 409 g/mol. The highest BCUT2D eigenvalue weighted by Crippen LogP contribution is 2.48. The first-order valence-electron chi connectivity index (χ1n) is 9.64. The number of pyridine rings is 1. The van der Waals surface area contributed by atoms with E-state index in [2.05, 4.69) is 15.0 Å². The van der Waals surface area contributed by atoms with Gasteiger partial charge in [0.2, 0.25) is 15.9 Å². The van der Waals surface area contributed by atoms with E-state index in [9.17, 15) is 18.0 Å². The zero-order valence-electron chi connectivity index (χ0n) is 16.1. The lowest BCUT2D eigenvalue weighted by Gasteiger charge is -2.37. The second-order valence-corrected chi connectivity index (χ2v) is 9.52. The van der Waals surface area contributed by atoms with Gasteiger partial charge in [-0.2, -0.15) is 4.31 Å². The molecule has 28 heavy (non-hydrogen) atoms. The summed E-state index contributed by atoms with van der Waals surface area (Å²) < 4.78 is 32.2. The first kappa shape index (κ1) is 20.7. The number of carbonyl (C=O) groups excluding carboxylic acids is 2. The van der Waals surface area contributed by atoms with Crippen molar-refractivity contribution in [3.05, 3.63) is 24.5 Å². The molecule has 1 atom stereocenters. The quantitative estimate of drug-likeness (QED) is 0.711. The van der Waals surface area contributed by atoms with Crippen LogP contribution in [0.4, 0.5) is 0 Å². The van der Waals surface area contributed by atoms with Gasteiger partial charge in [-0.1, -0.05) is 19.3 Å². The highest BCUT2D eigenvalue weighted by molar-refractivity contribution is 7.89. The average Bonchev–Trinajstić information content (AvgIpc) is 3.08. The van der Waals surface area contributed by atoms with Crippen LogP contribution in [0.15, 0.2) is 29.4 Å². The van der Waals surface area contributed by atoms with Crippen molar-refractivity contribution >= 4 is 21.9 Å². The Hall–Kier alpha value is -2.00. The minimum absolute atomic E-state index is 0.0969. The van der Waals surface area contributed by atoms with Crippen LogP contribution in [0, 0.1) is 11.3 Å². The number of amides is 1. The Morgan fingerprint density at radius 3 is 2.71 bits per heavy atom. The Balaban J connectivity index is 1.78. The van der Waals surface area contributed by atoms with Crippen LogP contribution in [0.25, 0.3) is 0 Å². The third-order valence-corrected chi connectivity index (χ3v) is 7.71. The zero-order chi connectivity index (χ0) is 20.2. The van der Waals surface area contributed by atoms with E-state index >= 15 is 0 Å². The molecule has 2 heterocycles. The second-order valence-electron chi connectivity index (χ2n) is 7.58. The van der Waals surface area contributed by atoms with E-state index in [4.69, 9.17) is 0 Å². The Bertz CT molecular complexity index is 806. The van der Waals surface area contributed by atoms with Crippen LogP contribution in [0.5, 0.6) is 0 Å². The fraction of sp³-hybridized carbons (Fsp3) is 0.632. The number of hydrogen-bond acceptors (Lipinski definition) is 6. The van der Waals surface area contributed by atoms with Crippen LogP contribution in [0.2, 0.25) is 0 Å². The van der Waals surface area contributed by atoms with E-state index in [0.717, 1.165) is 32.1 Å². The van der Waals surface area contributed by atoms with E-state index in [0.29, 0.717) is 6.54 Å². The average molecular weight is 410 g/mol. The van der Waals surface area contributed by atoms with E-state index in [-0.39, 0.29) is 41.7 Å². The maximum Gasteiger partial charge on any atom is 0.307 e. The second kappa shape index (κ2) is 8.57. The van der Waals surface area contributed by atoms with E-state index in [1.807, 2.05) is 0 Å². The molecule has 0 unspecified atom stereocenters. The molecule has 0 radical (unpaired) electrons. The van der Waals surface area contributed by atoms with Crippen LogP contribution >= 0.6 is 0 Å². The molecule has 1 amide bonds. The fourth-order valence-corrected chi connectivity index (χ4v) is 5.91. The van der Waals surface area contributed by atoms with Crippen molar-refractivity contribution in [3.8, 4) is 0 Å². The Kier molecular flexibility index (Phi) is 6.34. The van der Waals surface area contributed by atoms with Crippen molar-refractivity contribution in [2.24, 2.45) is 11.3 Å². The molecule has 1 spiro atoms. The number of ether oxygens (including phenoxy) is 1. The molecule has 2 fully saturated rings. The number of hydrogen-bond donors (Lipinski definition) is 1. The molecule has 1 aromatic rings. The summed E-state index contributed by atoms with van der Waals surface area (Å²) in [6, 6.07) is 3.12. The normalized spacial score (nSPS) is 22.1. The molecule has 1 aliphatic carbocycles. The summed E-state index contributed by atoms with van der Waals surface area (Å²) in [5.74, 6) is -0.994. The predicted octanol–water partition coefficient (Wildman–Crippen LogP) is 1.33. The van der Waals surface area contributed by atoms with Crippen LogP contribution in [-0.2, 0) is 24.3 Å². The number of aromatic nitrogens is 1. The van der Waals surface area contributed by atoms with Gasteiger partial charge in [-0.05, 0) is 30.4 Å². The van der Waals surface area contributed by atoms with Crippen LogP contribution < -0.4 is 5.32 Å². The maximum absolute atomic E-state index is 13.1. The topological polar surface area (TPSA) is 106 Å². The molecule has 1 aliphatic heterocycles. The lowest BCUT2D eigenvalue weighted by atomic mass is 9.67. The molecule has 1 aromatic heterocycles. The van der Waals surface area contributed by atoms with Gasteiger partial charge in [-0.15, -0.1) is 0 Å². The molecule has 154 valence electrons. The molecule has 2 aliphatic rings. The van der Waals surface area contributed by atoms with E-state index in [1.54, 1.807) is 6.07 Å². The lowest BCUT2D eigenvalue weighted by Crippen LogP contribution is -2.43. The maximum atomic E-state index is 13.1. The van der Waals surface area contributed by atoms with E-state index in [1.165, 1.54) is 29.9 Å². The SMILES string of the molecule is COC(=O)CCNC(=O)[C@@H]1CN(S(=O)(=O)c2cccnc2)CC12CCCCC2. The van der Waals surface area contributed by atoms with Crippen LogP contribution in [0.3, 0.4) is 0 Å². The summed E-state index contributed by atoms with van der Waals surface area (Å²) in [6.45, 7) is 0.689. The van der Waals surface area contributed by atoms with Gasteiger partial charge in [0.25, 0.3) is 0 Å². The van der Waals surface area contributed by atoms with Crippen molar-refractivity contribution in [2.75, 3.05) is 26.7 Å². The highest BCUT2D eigenvalue weighted by Gasteiger charge is 2.53. The highest BCUT2D eigenvalue weighted by atomic mass is 32.2. The number of rotatable bonds is 6. The number of sulfonamides is 1. The van der Waals surface area contributed by atoms with Crippen molar-refractivity contribution in [1.29, 1.82) is 0 Å². The minimum atomic E-state index is -3.70. The van der Waals surface area contributed by atoms with E-state index < -0.39 is 15.9 Å². The number of carbonyl (C=O) groups is 2. The summed E-state index contributed by atoms with van der Waals surface area (Å²) in [6.07, 6.45) is 7.73. The van der Waals surface area contributed by atoms with Gasteiger partial charge in [0.05, 0.1) is 19.4 Å². The Morgan fingerprint density at radius 1 is 1.32 bits per heavy atom. The van der Waals surface area contributed by atoms with Gasteiger partial charge in [-0.3, -0.25) is 14.6 Å². The molecule has 8 nitrogen and oxygen atoms in total. The summed E-state index contributed by atoms with van der Waals surface area (Å²) in [5.41, 5.74) is -0.344. The Labute approximate surface area is 165 Å². The van der Waals surface area contributed by atoms with Gasteiger partial charge in [0.1, 0.15) is 4.90 Å². The minimum Gasteiger partial charge on any atom is -0.469 e. The molecule has 0 aromatic carbocycles. The predicted molar refractivity (Wildman–Crippen MR) is 102 cm³/mol. The van der Waals surface area contributed by atoms with Gasteiger partial charge in [0, 0.05) is 32.0 Å². The molecule has 1 N–H and O–H groups in total. The molecule has 1 saturated carbocycles. The fourth-order valence-electron chi connectivity index (χ4n) is 4.39. The largest absolute Gasteiger partial charge is 0.469 e. The third-order valence-electron chi connectivity index (χ3n) is 5.91. The summed E-state index contributed by atoms with van der Waals surface area (Å²) in [5, 5.41) is 2.80. The number of methoxy groups -OCH3 is 1. The first-order valence-corrected chi connectivity index (χ1v) is 11.1. The number of nitrogens with zero attached hydrogens (tertiary/aromatic N) is 2. The van der Waals surface area contributed by atoms with Crippen LogP contribution in [-0.4, -0.2) is 56.3 Å². The van der Waals surface area contributed by atoms with Gasteiger partial charge in [0.15, 0.2) is 0 Å². The molecule has 9 heteroatoms. The van der Waals surface area contributed by atoms with Crippen molar-refractivity contribution in [3.63, 3.8) is 0 Å². The molecule has 1 saturated heterocycles. The summed E-state index contributed by atoms with van der Waals surface area (Å²) in [4.78, 5) is 28.2. The smallest absolute Gasteiger partial charge is 0.307 e.